The number of ether oxygens (including phenoxy) is 6. The van der Waals surface area contributed by atoms with Gasteiger partial charge in [-0.05, 0) is 109 Å². The van der Waals surface area contributed by atoms with E-state index in [2.05, 4.69) is 0 Å². The number of methoxy groups -OCH3 is 2. The standard InChI is InChI=1S/2C25H24N2O6/c2*1-31-21(28)16-12-17(26-8-11-33-23(26)30)14-18(13-16)27-20-5-3-2-4-19(20)25(22(27)29)15-24(25)6-9-32-10-7-24/h2*2-5,12-14H,6-11,15H2,1H3/t2*25-/m10/s1. The van der Waals surface area contributed by atoms with Gasteiger partial charge >= 0.3 is 24.1 Å². The normalized spacial score (nSPS) is 24.9. The van der Waals surface area contributed by atoms with Gasteiger partial charge in [-0.3, -0.25) is 29.2 Å². The first-order chi connectivity index (χ1) is 32.0. The average Bonchev–Trinajstić information content (AvgIpc) is 3.77. The zero-order valence-corrected chi connectivity index (χ0v) is 36.7. The Morgan fingerprint density at radius 1 is 0.515 bits per heavy atom. The first-order valence-corrected chi connectivity index (χ1v) is 22.4. The smallest absolute Gasteiger partial charge is 0.414 e. The number of fused-ring (bicyclic) bond motifs is 6. The van der Waals surface area contributed by atoms with E-state index in [1.54, 1.807) is 46.2 Å². The summed E-state index contributed by atoms with van der Waals surface area (Å²) in [5.41, 5.74) is 5.01. The summed E-state index contributed by atoms with van der Waals surface area (Å²) in [7, 11) is 2.62. The fourth-order valence-corrected chi connectivity index (χ4v) is 11.9. The molecule has 16 heteroatoms. The number of benzene rings is 4. The van der Waals surface area contributed by atoms with E-state index >= 15 is 0 Å². The molecule has 6 fully saturated rings. The number of para-hydroxylation sites is 2. The molecule has 4 aromatic carbocycles. The zero-order valence-electron chi connectivity index (χ0n) is 36.7. The molecule has 12 rings (SSSR count). The summed E-state index contributed by atoms with van der Waals surface area (Å²) >= 11 is 0. The van der Waals surface area contributed by atoms with Crippen LogP contribution in [0.4, 0.5) is 43.7 Å². The monoisotopic (exact) mass is 896 g/mol. The SMILES string of the molecule is COC(=O)c1cc(N2CCOC2=O)cc(N2C(=O)[C@@]3(CC34CCOCC4)c3ccccc32)c1.COC(=O)c1cc(N2CCOC2=O)cc(N2C(=O)[C@]3(CC34CCOCC4)c3ccccc32)c1. The molecule has 4 saturated heterocycles. The maximum Gasteiger partial charge on any atom is 0.414 e. The predicted octanol–water partition coefficient (Wildman–Crippen LogP) is 7.09. The molecule has 0 radical (unpaired) electrons. The Hall–Kier alpha value is -6.78. The fourth-order valence-electron chi connectivity index (χ4n) is 11.9. The predicted molar refractivity (Wildman–Crippen MR) is 238 cm³/mol. The maximum atomic E-state index is 14.1. The first-order valence-electron chi connectivity index (χ1n) is 22.4. The van der Waals surface area contributed by atoms with Gasteiger partial charge in [0.15, 0.2) is 0 Å². The number of hydrogen-bond donors (Lipinski definition) is 0. The second-order valence-corrected chi connectivity index (χ2v) is 18.3. The summed E-state index contributed by atoms with van der Waals surface area (Å²) in [4.78, 5) is 84.0. The van der Waals surface area contributed by atoms with Crippen molar-refractivity contribution >= 4 is 70.1 Å². The summed E-state index contributed by atoms with van der Waals surface area (Å²) in [6.45, 7) is 3.95. The summed E-state index contributed by atoms with van der Waals surface area (Å²) in [5, 5.41) is 0. The minimum Gasteiger partial charge on any atom is -0.465 e. The van der Waals surface area contributed by atoms with E-state index in [0.717, 1.165) is 61.0 Å². The van der Waals surface area contributed by atoms with Crippen molar-refractivity contribution in [2.24, 2.45) is 10.8 Å². The van der Waals surface area contributed by atoms with Crippen LogP contribution >= 0.6 is 0 Å². The van der Waals surface area contributed by atoms with Crippen molar-refractivity contribution in [1.82, 2.24) is 0 Å². The topological polar surface area (TPSA) is 171 Å². The highest BCUT2D eigenvalue weighted by Crippen LogP contribution is 2.75. The van der Waals surface area contributed by atoms with Gasteiger partial charge in [0.05, 0.1) is 83.4 Å². The van der Waals surface area contributed by atoms with Gasteiger partial charge in [0.1, 0.15) is 13.2 Å². The molecular formula is C50H48N4O12. The first kappa shape index (κ1) is 41.9. The zero-order chi connectivity index (χ0) is 45.6. The van der Waals surface area contributed by atoms with Gasteiger partial charge in [-0.15, -0.1) is 0 Å². The van der Waals surface area contributed by atoms with Crippen molar-refractivity contribution in [3.05, 3.63) is 107 Å². The number of carbonyl (C=O) groups excluding carboxylic acids is 6. The Morgan fingerprint density at radius 3 is 1.26 bits per heavy atom. The third-order valence-corrected chi connectivity index (χ3v) is 15.3. The van der Waals surface area contributed by atoms with Crippen LogP contribution in [0.15, 0.2) is 84.9 Å². The molecule has 4 amide bonds. The van der Waals surface area contributed by atoms with Gasteiger partial charge in [-0.1, -0.05) is 36.4 Å². The molecule has 2 atom stereocenters. The molecule has 340 valence electrons. The van der Waals surface area contributed by atoms with Crippen molar-refractivity contribution in [1.29, 1.82) is 0 Å². The molecular weight excluding hydrogens is 849 g/mol. The molecule has 6 heterocycles. The highest BCUT2D eigenvalue weighted by Gasteiger charge is 2.77. The fraction of sp³-hybridized carbons (Fsp3) is 0.400. The third kappa shape index (κ3) is 6.03. The molecule has 0 aromatic heterocycles. The van der Waals surface area contributed by atoms with E-state index in [9.17, 15) is 28.8 Å². The lowest BCUT2D eigenvalue weighted by molar-refractivity contribution is -0.121. The van der Waals surface area contributed by atoms with Gasteiger partial charge in [-0.25, -0.2) is 19.2 Å². The molecule has 0 bridgehead atoms. The van der Waals surface area contributed by atoms with Crippen LogP contribution < -0.4 is 19.6 Å². The van der Waals surface area contributed by atoms with Crippen molar-refractivity contribution in [3.63, 3.8) is 0 Å². The summed E-state index contributed by atoms with van der Waals surface area (Å²) in [6, 6.07) is 25.8. The second kappa shape index (κ2) is 15.4. The molecule has 66 heavy (non-hydrogen) atoms. The molecule has 0 unspecified atom stereocenters. The molecule has 4 aromatic rings. The maximum absolute atomic E-state index is 14.1. The number of anilines is 6. The van der Waals surface area contributed by atoms with Crippen molar-refractivity contribution < 1.29 is 57.2 Å². The summed E-state index contributed by atoms with van der Waals surface area (Å²) in [6.07, 6.45) is 4.08. The number of amides is 4. The van der Waals surface area contributed by atoms with Crippen LogP contribution in [-0.4, -0.2) is 103 Å². The van der Waals surface area contributed by atoms with Crippen LogP contribution in [0.3, 0.4) is 0 Å². The van der Waals surface area contributed by atoms with E-state index < -0.39 is 35.0 Å². The number of esters is 2. The van der Waals surface area contributed by atoms with Crippen LogP contribution in [0.1, 0.15) is 70.4 Å². The van der Waals surface area contributed by atoms with E-state index in [1.165, 1.54) is 24.0 Å². The highest BCUT2D eigenvalue weighted by molar-refractivity contribution is 6.17. The lowest BCUT2D eigenvalue weighted by Gasteiger charge is -2.27. The molecule has 8 aliphatic rings. The molecule has 16 nitrogen and oxygen atoms in total. The van der Waals surface area contributed by atoms with Crippen molar-refractivity contribution in [2.75, 3.05) is 86.6 Å². The van der Waals surface area contributed by atoms with Crippen molar-refractivity contribution in [2.45, 2.75) is 49.4 Å². The van der Waals surface area contributed by atoms with E-state index in [-0.39, 0.29) is 47.0 Å². The lowest BCUT2D eigenvalue weighted by atomic mass is 9.82. The van der Waals surface area contributed by atoms with Gasteiger partial charge < -0.3 is 28.4 Å². The Labute approximate surface area is 380 Å². The van der Waals surface area contributed by atoms with Gasteiger partial charge in [0.2, 0.25) is 11.8 Å². The van der Waals surface area contributed by atoms with E-state index in [0.29, 0.717) is 62.3 Å². The number of nitrogens with zero attached hydrogens (tertiary/aromatic N) is 4. The van der Waals surface area contributed by atoms with E-state index in [4.69, 9.17) is 28.4 Å². The number of cyclic esters (lactones) is 2. The summed E-state index contributed by atoms with van der Waals surface area (Å²) < 4.78 is 31.3. The number of hydrogen-bond acceptors (Lipinski definition) is 12. The van der Waals surface area contributed by atoms with E-state index in [1.807, 2.05) is 48.5 Å². The van der Waals surface area contributed by atoms with Gasteiger partial charge in [0, 0.05) is 26.4 Å². The third-order valence-electron chi connectivity index (χ3n) is 15.3. The minimum absolute atomic E-state index is 0.0163. The average molecular weight is 897 g/mol. The molecule has 6 aliphatic heterocycles. The summed E-state index contributed by atoms with van der Waals surface area (Å²) in [5.74, 6) is -1.04. The lowest BCUT2D eigenvalue weighted by Crippen LogP contribution is -2.35. The van der Waals surface area contributed by atoms with Crippen LogP contribution in [0, 0.1) is 10.8 Å². The molecule has 2 saturated carbocycles. The Balaban J connectivity index is 0.000000146. The second-order valence-electron chi connectivity index (χ2n) is 18.3. The van der Waals surface area contributed by atoms with Crippen LogP contribution in [0.25, 0.3) is 0 Å². The van der Waals surface area contributed by atoms with Gasteiger partial charge in [0.25, 0.3) is 0 Å². The van der Waals surface area contributed by atoms with Crippen LogP contribution in [-0.2, 0) is 48.8 Å². The largest absolute Gasteiger partial charge is 0.465 e. The number of carbonyl (C=O) groups is 6. The van der Waals surface area contributed by atoms with Gasteiger partial charge in [-0.2, -0.15) is 0 Å². The molecule has 2 aliphatic carbocycles. The Bertz CT molecular complexity index is 2560. The number of rotatable bonds is 6. The van der Waals surface area contributed by atoms with Crippen LogP contribution in [0.2, 0.25) is 0 Å². The molecule has 4 spiro atoms. The molecule has 0 N–H and O–H groups in total. The van der Waals surface area contributed by atoms with Crippen molar-refractivity contribution in [3.8, 4) is 0 Å². The highest BCUT2D eigenvalue weighted by atomic mass is 16.6. The van der Waals surface area contributed by atoms with Crippen LogP contribution in [0.5, 0.6) is 0 Å². The quantitative estimate of drug-likeness (QED) is 0.142. The minimum atomic E-state index is -0.568. The Morgan fingerprint density at radius 2 is 0.894 bits per heavy atom. The Kier molecular flexibility index (Phi) is 9.78.